The number of hydrogen-bond donors (Lipinski definition) is 1. The van der Waals surface area contributed by atoms with Crippen LogP contribution in [0.25, 0.3) is 0 Å². The Morgan fingerprint density at radius 1 is 1.19 bits per heavy atom. The second-order valence-corrected chi connectivity index (χ2v) is 6.62. The van der Waals surface area contributed by atoms with Gasteiger partial charge in [0.1, 0.15) is 0 Å². The molecule has 0 aliphatic carbocycles. The molecule has 0 aliphatic heterocycles. The van der Waals surface area contributed by atoms with E-state index in [2.05, 4.69) is 26.5 Å². The second-order valence-electron chi connectivity index (χ2n) is 5.29. The lowest BCUT2D eigenvalue weighted by molar-refractivity contribution is -0.120. The Kier molecular flexibility index (Phi) is 7.94. The maximum Gasteiger partial charge on any atom is 0.244 e. The summed E-state index contributed by atoms with van der Waals surface area (Å²) in [5, 5.41) is 4.42. The Labute approximate surface area is 166 Å². The quantitative estimate of drug-likeness (QED) is 0.483. The number of rotatable bonds is 8. The highest BCUT2D eigenvalue weighted by Crippen LogP contribution is 2.36. The molecule has 2 aromatic carbocycles. The average molecular weight is 440 g/mol. The summed E-state index contributed by atoms with van der Waals surface area (Å²) in [6, 6.07) is 11.0. The summed E-state index contributed by atoms with van der Waals surface area (Å²) in [5.74, 6) is 0.850. The van der Waals surface area contributed by atoms with Gasteiger partial charge in [0, 0.05) is 4.47 Å². The Balaban J connectivity index is 2.02. The van der Waals surface area contributed by atoms with Crippen LogP contribution in [0.15, 0.2) is 46.0 Å². The van der Waals surface area contributed by atoms with Gasteiger partial charge in [-0.3, -0.25) is 4.79 Å². The third kappa shape index (κ3) is 6.04. The smallest absolute Gasteiger partial charge is 0.244 e. The van der Waals surface area contributed by atoms with Crippen LogP contribution in [0.2, 0.25) is 5.02 Å². The van der Waals surface area contributed by atoms with Crippen molar-refractivity contribution in [3.8, 4) is 11.5 Å². The number of hydrogen-bond acceptors (Lipinski definition) is 4. The zero-order chi connectivity index (χ0) is 18.9. The van der Waals surface area contributed by atoms with E-state index in [4.69, 9.17) is 21.1 Å². The fourth-order valence-electron chi connectivity index (χ4n) is 2.22. The van der Waals surface area contributed by atoms with Crippen LogP contribution in [0.3, 0.4) is 0 Å². The maximum atomic E-state index is 12.0. The number of carbonyl (C=O) groups is 1. The first kappa shape index (κ1) is 20.3. The van der Waals surface area contributed by atoms with Crippen molar-refractivity contribution in [2.75, 3.05) is 13.2 Å². The highest BCUT2D eigenvalue weighted by Gasteiger charge is 2.11. The van der Waals surface area contributed by atoms with E-state index in [9.17, 15) is 4.79 Å². The summed E-state index contributed by atoms with van der Waals surface area (Å²) in [6.45, 7) is 4.73. The van der Waals surface area contributed by atoms with Crippen LogP contribution in [-0.2, 0) is 11.2 Å². The van der Waals surface area contributed by atoms with E-state index in [-0.39, 0.29) is 12.3 Å². The van der Waals surface area contributed by atoms with Crippen LogP contribution in [0.1, 0.15) is 25.0 Å². The normalized spacial score (nSPS) is 10.8. The highest BCUT2D eigenvalue weighted by molar-refractivity contribution is 9.10. The van der Waals surface area contributed by atoms with Gasteiger partial charge >= 0.3 is 0 Å². The standard InChI is InChI=1S/C19H20BrClN2O3/c1-3-25-17-10-14(9-16(21)19(17)26-4-2)12-22-23-18(24)11-13-5-7-15(20)8-6-13/h5-10,12H,3-4,11H2,1-2H3,(H,23,24)/b22-12-. The number of benzene rings is 2. The van der Waals surface area contributed by atoms with Crippen molar-refractivity contribution in [1.29, 1.82) is 0 Å². The molecular formula is C19H20BrClN2O3. The zero-order valence-electron chi connectivity index (χ0n) is 14.6. The predicted octanol–water partition coefficient (Wildman–Crippen LogP) is 4.59. The van der Waals surface area contributed by atoms with Gasteiger partial charge in [-0.05, 0) is 49.2 Å². The molecule has 2 aromatic rings. The molecular weight excluding hydrogens is 420 g/mol. The molecule has 0 heterocycles. The molecule has 0 aliphatic rings. The molecule has 2 rings (SSSR count). The van der Waals surface area contributed by atoms with E-state index in [1.165, 1.54) is 6.21 Å². The molecule has 26 heavy (non-hydrogen) atoms. The summed E-state index contributed by atoms with van der Waals surface area (Å²) >= 11 is 9.62. The Hall–Kier alpha value is -2.05. The number of halogens is 2. The van der Waals surface area contributed by atoms with Crippen LogP contribution in [0.5, 0.6) is 11.5 Å². The van der Waals surface area contributed by atoms with Gasteiger partial charge in [-0.2, -0.15) is 5.10 Å². The van der Waals surface area contributed by atoms with Gasteiger partial charge in [-0.25, -0.2) is 5.43 Å². The van der Waals surface area contributed by atoms with Crippen LogP contribution in [0, 0.1) is 0 Å². The minimum Gasteiger partial charge on any atom is -0.490 e. The van der Waals surface area contributed by atoms with E-state index in [0.29, 0.717) is 35.3 Å². The minimum atomic E-state index is -0.203. The zero-order valence-corrected chi connectivity index (χ0v) is 16.9. The maximum absolute atomic E-state index is 12.0. The summed E-state index contributed by atoms with van der Waals surface area (Å²) in [5.41, 5.74) is 4.11. The number of nitrogens with one attached hydrogen (secondary N) is 1. The van der Waals surface area contributed by atoms with Crippen molar-refractivity contribution >= 4 is 39.7 Å². The molecule has 7 heteroatoms. The molecule has 0 spiro atoms. The molecule has 0 aromatic heterocycles. The van der Waals surface area contributed by atoms with Gasteiger partial charge in [0.25, 0.3) is 0 Å². The molecule has 138 valence electrons. The summed E-state index contributed by atoms with van der Waals surface area (Å²) in [4.78, 5) is 12.0. The molecule has 5 nitrogen and oxygen atoms in total. The van der Waals surface area contributed by atoms with Gasteiger partial charge < -0.3 is 9.47 Å². The fourth-order valence-corrected chi connectivity index (χ4v) is 2.75. The van der Waals surface area contributed by atoms with Crippen molar-refractivity contribution in [1.82, 2.24) is 5.43 Å². The minimum absolute atomic E-state index is 0.203. The first-order chi connectivity index (χ1) is 12.5. The summed E-state index contributed by atoms with van der Waals surface area (Å²) < 4.78 is 12.1. The number of carbonyl (C=O) groups excluding carboxylic acids is 1. The van der Waals surface area contributed by atoms with Gasteiger partial charge in [-0.1, -0.05) is 39.7 Å². The molecule has 0 saturated heterocycles. The van der Waals surface area contributed by atoms with Crippen LogP contribution in [0.4, 0.5) is 0 Å². The predicted molar refractivity (Wildman–Crippen MR) is 107 cm³/mol. The Morgan fingerprint density at radius 3 is 2.54 bits per heavy atom. The first-order valence-corrected chi connectivity index (χ1v) is 9.36. The van der Waals surface area contributed by atoms with Gasteiger partial charge in [0.15, 0.2) is 11.5 Å². The first-order valence-electron chi connectivity index (χ1n) is 8.19. The molecule has 0 radical (unpaired) electrons. The third-order valence-electron chi connectivity index (χ3n) is 3.30. The van der Waals surface area contributed by atoms with Crippen molar-refractivity contribution in [2.24, 2.45) is 5.10 Å². The topological polar surface area (TPSA) is 59.9 Å². The van der Waals surface area contributed by atoms with E-state index in [1.807, 2.05) is 38.1 Å². The third-order valence-corrected chi connectivity index (χ3v) is 4.11. The lowest BCUT2D eigenvalue weighted by atomic mass is 10.1. The lowest BCUT2D eigenvalue weighted by Gasteiger charge is -2.13. The van der Waals surface area contributed by atoms with Gasteiger partial charge in [0.05, 0.1) is 30.9 Å². The summed E-state index contributed by atoms with van der Waals surface area (Å²) in [6.07, 6.45) is 1.77. The molecule has 0 atom stereocenters. The van der Waals surface area contributed by atoms with Crippen LogP contribution < -0.4 is 14.9 Å². The number of hydrazone groups is 1. The van der Waals surface area contributed by atoms with Gasteiger partial charge in [0.2, 0.25) is 5.91 Å². The fraction of sp³-hybridized carbons (Fsp3) is 0.263. The average Bonchev–Trinajstić information content (AvgIpc) is 2.60. The molecule has 1 N–H and O–H groups in total. The molecule has 0 fully saturated rings. The largest absolute Gasteiger partial charge is 0.490 e. The number of nitrogens with zero attached hydrogens (tertiary/aromatic N) is 1. The van der Waals surface area contributed by atoms with Crippen molar-refractivity contribution in [2.45, 2.75) is 20.3 Å². The van der Waals surface area contributed by atoms with Crippen molar-refractivity contribution in [3.63, 3.8) is 0 Å². The summed E-state index contributed by atoms with van der Waals surface area (Å²) in [7, 11) is 0. The van der Waals surface area contributed by atoms with Gasteiger partial charge in [-0.15, -0.1) is 0 Å². The van der Waals surface area contributed by atoms with E-state index in [0.717, 1.165) is 10.0 Å². The Bertz CT molecular complexity index is 779. The highest BCUT2D eigenvalue weighted by atomic mass is 79.9. The molecule has 0 bridgehead atoms. The number of ether oxygens (including phenoxy) is 2. The molecule has 1 amide bonds. The van der Waals surface area contributed by atoms with E-state index in [1.54, 1.807) is 12.1 Å². The monoisotopic (exact) mass is 438 g/mol. The van der Waals surface area contributed by atoms with E-state index >= 15 is 0 Å². The molecule has 0 saturated carbocycles. The Morgan fingerprint density at radius 2 is 1.88 bits per heavy atom. The lowest BCUT2D eigenvalue weighted by Crippen LogP contribution is -2.19. The van der Waals surface area contributed by atoms with Crippen LogP contribution >= 0.6 is 27.5 Å². The SMILES string of the molecule is CCOc1cc(/C=N\NC(=O)Cc2ccc(Br)cc2)cc(Cl)c1OCC. The van der Waals surface area contributed by atoms with Crippen molar-refractivity contribution in [3.05, 3.63) is 57.0 Å². The number of amides is 1. The second kappa shape index (κ2) is 10.2. The van der Waals surface area contributed by atoms with E-state index < -0.39 is 0 Å². The van der Waals surface area contributed by atoms with Crippen molar-refractivity contribution < 1.29 is 14.3 Å². The molecule has 0 unspecified atom stereocenters. The van der Waals surface area contributed by atoms with Crippen LogP contribution in [-0.4, -0.2) is 25.3 Å².